The van der Waals surface area contributed by atoms with Crippen molar-refractivity contribution >= 4 is 21.6 Å². The van der Waals surface area contributed by atoms with Gasteiger partial charge in [0, 0.05) is 18.3 Å². The Kier molecular flexibility index (Phi) is 7.32. The van der Waals surface area contributed by atoms with Gasteiger partial charge in [0.25, 0.3) is 5.91 Å². The van der Waals surface area contributed by atoms with Gasteiger partial charge in [-0.05, 0) is 48.4 Å². The second-order valence-corrected chi connectivity index (χ2v) is 8.34. The van der Waals surface area contributed by atoms with Crippen molar-refractivity contribution in [3.05, 3.63) is 90.0 Å². The van der Waals surface area contributed by atoms with Crippen LogP contribution in [0.15, 0.2) is 77.7 Å². The first kappa shape index (κ1) is 22.4. The van der Waals surface area contributed by atoms with E-state index >= 15 is 0 Å². The summed E-state index contributed by atoms with van der Waals surface area (Å²) >= 11 is 0. The molecule has 0 radical (unpaired) electrons. The van der Waals surface area contributed by atoms with Crippen molar-refractivity contribution in [2.45, 2.75) is 11.3 Å². The molecule has 0 spiro atoms. The number of carbonyl (C=O) groups is 1. The van der Waals surface area contributed by atoms with Crippen LogP contribution in [0.5, 0.6) is 5.75 Å². The lowest BCUT2D eigenvalue weighted by atomic mass is 10.2. The zero-order valence-electron chi connectivity index (χ0n) is 16.3. The van der Waals surface area contributed by atoms with E-state index in [4.69, 9.17) is 4.74 Å². The number of carbonyl (C=O) groups excluding carboxylic acids is 1. The van der Waals surface area contributed by atoms with Crippen molar-refractivity contribution in [1.82, 2.24) is 4.72 Å². The second kappa shape index (κ2) is 10.1. The largest absolute Gasteiger partial charge is 0.484 e. The molecule has 3 aromatic carbocycles. The van der Waals surface area contributed by atoms with Gasteiger partial charge in [-0.2, -0.15) is 0 Å². The summed E-state index contributed by atoms with van der Waals surface area (Å²) < 4.78 is 58.7. The van der Waals surface area contributed by atoms with Gasteiger partial charge in [-0.15, -0.1) is 0 Å². The van der Waals surface area contributed by atoms with Crippen molar-refractivity contribution in [2.24, 2.45) is 0 Å². The molecule has 0 unspecified atom stereocenters. The fourth-order valence-electron chi connectivity index (χ4n) is 2.69. The molecule has 0 aliphatic heterocycles. The Hall–Kier alpha value is -3.30. The fourth-order valence-corrected chi connectivity index (χ4v) is 3.72. The minimum Gasteiger partial charge on any atom is -0.484 e. The van der Waals surface area contributed by atoms with Gasteiger partial charge in [-0.25, -0.2) is 21.9 Å². The maximum atomic E-state index is 13.2. The molecule has 0 saturated heterocycles. The Balaban J connectivity index is 1.49. The molecule has 6 nitrogen and oxygen atoms in total. The van der Waals surface area contributed by atoms with Crippen LogP contribution in [-0.2, 0) is 21.2 Å². The fraction of sp³-hybridized carbons (Fsp3) is 0.136. The van der Waals surface area contributed by atoms with E-state index in [9.17, 15) is 22.0 Å². The van der Waals surface area contributed by atoms with Crippen LogP contribution < -0.4 is 14.8 Å². The Morgan fingerprint density at radius 3 is 2.29 bits per heavy atom. The Morgan fingerprint density at radius 2 is 1.61 bits per heavy atom. The van der Waals surface area contributed by atoms with Crippen LogP contribution >= 0.6 is 0 Å². The third-order valence-corrected chi connectivity index (χ3v) is 5.73. The van der Waals surface area contributed by atoms with Crippen LogP contribution in [0, 0.1) is 11.6 Å². The molecular formula is C22H20F2N2O4S. The monoisotopic (exact) mass is 446 g/mol. The highest BCUT2D eigenvalue weighted by molar-refractivity contribution is 7.89. The van der Waals surface area contributed by atoms with Crippen molar-refractivity contribution in [2.75, 3.05) is 18.5 Å². The van der Waals surface area contributed by atoms with E-state index in [0.717, 1.165) is 17.7 Å². The van der Waals surface area contributed by atoms with E-state index < -0.39 is 27.6 Å². The van der Waals surface area contributed by atoms with E-state index in [-0.39, 0.29) is 29.5 Å². The maximum absolute atomic E-state index is 13.2. The highest BCUT2D eigenvalue weighted by Crippen LogP contribution is 2.17. The molecule has 0 heterocycles. The van der Waals surface area contributed by atoms with E-state index in [1.165, 1.54) is 30.3 Å². The Labute approximate surface area is 178 Å². The van der Waals surface area contributed by atoms with Crippen LogP contribution in [0.3, 0.4) is 0 Å². The molecule has 0 aliphatic carbocycles. The lowest BCUT2D eigenvalue weighted by Gasteiger charge is -2.10. The Morgan fingerprint density at radius 1 is 0.903 bits per heavy atom. The molecule has 0 bridgehead atoms. The smallest absolute Gasteiger partial charge is 0.262 e. The average Bonchev–Trinajstić information content (AvgIpc) is 2.76. The van der Waals surface area contributed by atoms with Gasteiger partial charge < -0.3 is 10.1 Å². The number of rotatable bonds is 9. The minimum atomic E-state index is -3.68. The predicted molar refractivity (Wildman–Crippen MR) is 112 cm³/mol. The number of amides is 1. The summed E-state index contributed by atoms with van der Waals surface area (Å²) in [5.74, 6) is -2.39. The minimum absolute atomic E-state index is 0.0687. The number of halogens is 2. The summed E-state index contributed by atoms with van der Waals surface area (Å²) in [4.78, 5) is 12.0. The van der Waals surface area contributed by atoms with Gasteiger partial charge in [-0.1, -0.05) is 30.3 Å². The van der Waals surface area contributed by atoms with Crippen LogP contribution in [0.2, 0.25) is 0 Å². The number of benzene rings is 3. The average molecular weight is 446 g/mol. The molecule has 0 aliphatic rings. The van der Waals surface area contributed by atoms with Gasteiger partial charge >= 0.3 is 0 Å². The van der Waals surface area contributed by atoms with E-state index in [1.54, 1.807) is 0 Å². The molecule has 2 N–H and O–H groups in total. The number of nitrogens with one attached hydrogen (secondary N) is 2. The summed E-state index contributed by atoms with van der Waals surface area (Å²) in [6.07, 6.45) is 0.564. The number of ether oxygens (including phenoxy) is 1. The number of hydrogen-bond acceptors (Lipinski definition) is 4. The molecule has 0 atom stereocenters. The number of hydrogen-bond donors (Lipinski definition) is 2. The van der Waals surface area contributed by atoms with Crippen molar-refractivity contribution in [3.8, 4) is 5.75 Å². The Bertz CT molecular complexity index is 1140. The summed E-state index contributed by atoms with van der Waals surface area (Å²) in [6.45, 7) is -0.130. The molecule has 3 aromatic rings. The molecule has 162 valence electrons. The molecule has 3 rings (SSSR count). The van der Waals surface area contributed by atoms with Crippen molar-refractivity contribution in [3.63, 3.8) is 0 Å². The molecule has 0 saturated carbocycles. The topological polar surface area (TPSA) is 84.5 Å². The van der Waals surface area contributed by atoms with Gasteiger partial charge in [0.05, 0.1) is 4.90 Å². The van der Waals surface area contributed by atoms with Gasteiger partial charge in [0.15, 0.2) is 18.2 Å². The SMILES string of the molecule is O=C(COc1ccc(S(=O)(=O)NCCc2ccccc2)cc1)Nc1ccc(F)c(F)c1. The zero-order valence-corrected chi connectivity index (χ0v) is 17.2. The van der Waals surface area contributed by atoms with Gasteiger partial charge in [-0.3, -0.25) is 4.79 Å². The highest BCUT2D eigenvalue weighted by Gasteiger charge is 2.14. The first-order valence-corrected chi connectivity index (χ1v) is 10.8. The molecule has 0 fully saturated rings. The normalized spacial score (nSPS) is 11.2. The number of sulfonamides is 1. The number of anilines is 1. The lowest BCUT2D eigenvalue weighted by Crippen LogP contribution is -2.26. The third kappa shape index (κ3) is 6.59. The van der Waals surface area contributed by atoms with Crippen LogP contribution in [-0.4, -0.2) is 27.5 Å². The van der Waals surface area contributed by atoms with Crippen LogP contribution in [0.1, 0.15) is 5.56 Å². The summed E-state index contributed by atoms with van der Waals surface area (Å²) in [5.41, 5.74) is 1.12. The molecular weight excluding hydrogens is 426 g/mol. The van der Waals surface area contributed by atoms with Crippen LogP contribution in [0.25, 0.3) is 0 Å². The second-order valence-electron chi connectivity index (χ2n) is 6.57. The standard InChI is InChI=1S/C22H20F2N2O4S/c23-20-11-6-17(14-21(20)24)26-22(27)15-30-18-7-9-19(10-8-18)31(28,29)25-13-12-16-4-2-1-3-5-16/h1-11,14,25H,12-13,15H2,(H,26,27). The first-order valence-electron chi connectivity index (χ1n) is 9.35. The summed E-state index contributed by atoms with van der Waals surface area (Å²) in [5, 5.41) is 2.38. The molecule has 1 amide bonds. The maximum Gasteiger partial charge on any atom is 0.262 e. The predicted octanol–water partition coefficient (Wildman–Crippen LogP) is 3.50. The van der Waals surface area contributed by atoms with Crippen molar-refractivity contribution in [1.29, 1.82) is 0 Å². The van der Waals surface area contributed by atoms with E-state index in [0.29, 0.717) is 6.42 Å². The van der Waals surface area contributed by atoms with Gasteiger partial charge in [0.1, 0.15) is 5.75 Å². The van der Waals surface area contributed by atoms with Crippen molar-refractivity contribution < 1.29 is 26.7 Å². The lowest BCUT2D eigenvalue weighted by molar-refractivity contribution is -0.118. The molecule has 31 heavy (non-hydrogen) atoms. The van der Waals surface area contributed by atoms with E-state index in [2.05, 4.69) is 10.0 Å². The first-order chi connectivity index (χ1) is 14.8. The van der Waals surface area contributed by atoms with Gasteiger partial charge in [0.2, 0.25) is 10.0 Å². The molecule has 0 aromatic heterocycles. The van der Waals surface area contributed by atoms with Crippen LogP contribution in [0.4, 0.5) is 14.5 Å². The quantitative estimate of drug-likeness (QED) is 0.527. The van der Waals surface area contributed by atoms with E-state index in [1.807, 2.05) is 30.3 Å². The third-order valence-electron chi connectivity index (χ3n) is 4.26. The molecule has 9 heteroatoms. The summed E-state index contributed by atoms with van der Waals surface area (Å²) in [7, 11) is -3.68. The zero-order chi connectivity index (χ0) is 22.3. The highest BCUT2D eigenvalue weighted by atomic mass is 32.2. The summed E-state index contributed by atoms with van der Waals surface area (Å²) in [6, 6.07) is 18.1.